The van der Waals surface area contributed by atoms with E-state index in [0.717, 1.165) is 31.6 Å². The van der Waals surface area contributed by atoms with Crippen molar-refractivity contribution >= 4 is 11.7 Å². The van der Waals surface area contributed by atoms with Crippen molar-refractivity contribution in [1.82, 2.24) is 4.90 Å². The standard InChI is InChI=1S/C19H32N2O/c1-7-9-13-21(8-2)19(22)20-18-16(14(3)4)11-10-12-17(18)15(5)6/h10-12,14-15H,7-9,13H2,1-6H3,(H,20,22). The lowest BCUT2D eigenvalue weighted by molar-refractivity contribution is 0.213. The lowest BCUT2D eigenvalue weighted by Crippen LogP contribution is -2.36. The summed E-state index contributed by atoms with van der Waals surface area (Å²) in [4.78, 5) is 14.5. The zero-order valence-corrected chi connectivity index (χ0v) is 15.1. The highest BCUT2D eigenvalue weighted by molar-refractivity contribution is 5.91. The Bertz CT molecular complexity index is 454. The molecule has 2 amide bonds. The third kappa shape index (κ3) is 4.75. The Labute approximate surface area is 136 Å². The van der Waals surface area contributed by atoms with E-state index in [9.17, 15) is 4.79 Å². The number of benzene rings is 1. The first-order chi connectivity index (χ1) is 10.4. The molecule has 3 heteroatoms. The van der Waals surface area contributed by atoms with Gasteiger partial charge in [-0.25, -0.2) is 4.79 Å². The molecule has 1 rings (SSSR count). The van der Waals surface area contributed by atoms with Crippen LogP contribution in [0.25, 0.3) is 0 Å². The fourth-order valence-electron chi connectivity index (χ4n) is 2.63. The molecule has 124 valence electrons. The molecule has 22 heavy (non-hydrogen) atoms. The molecule has 0 atom stereocenters. The highest BCUT2D eigenvalue weighted by Crippen LogP contribution is 2.32. The maximum absolute atomic E-state index is 12.6. The minimum absolute atomic E-state index is 0.0194. The van der Waals surface area contributed by atoms with E-state index >= 15 is 0 Å². The number of para-hydroxylation sites is 1. The second kappa shape index (κ2) is 8.82. The molecule has 0 radical (unpaired) electrons. The van der Waals surface area contributed by atoms with Gasteiger partial charge in [0.25, 0.3) is 0 Å². The first-order valence-corrected chi connectivity index (χ1v) is 8.61. The monoisotopic (exact) mass is 304 g/mol. The number of hydrogen-bond acceptors (Lipinski definition) is 1. The van der Waals surface area contributed by atoms with Gasteiger partial charge in [0, 0.05) is 18.8 Å². The maximum Gasteiger partial charge on any atom is 0.321 e. The average molecular weight is 304 g/mol. The van der Waals surface area contributed by atoms with Crippen molar-refractivity contribution in [2.24, 2.45) is 0 Å². The number of anilines is 1. The molecule has 0 aliphatic carbocycles. The highest BCUT2D eigenvalue weighted by Gasteiger charge is 2.18. The SMILES string of the molecule is CCCCN(CC)C(=O)Nc1c(C(C)C)cccc1C(C)C. The zero-order valence-electron chi connectivity index (χ0n) is 15.1. The largest absolute Gasteiger partial charge is 0.325 e. The summed E-state index contributed by atoms with van der Waals surface area (Å²) in [5.41, 5.74) is 3.43. The minimum atomic E-state index is 0.0194. The predicted molar refractivity (Wildman–Crippen MR) is 95.8 cm³/mol. The van der Waals surface area contributed by atoms with Crippen LogP contribution < -0.4 is 5.32 Å². The Kier molecular flexibility index (Phi) is 7.43. The third-order valence-electron chi connectivity index (χ3n) is 4.06. The quantitative estimate of drug-likeness (QED) is 0.700. The van der Waals surface area contributed by atoms with Gasteiger partial charge in [0.2, 0.25) is 0 Å². The van der Waals surface area contributed by atoms with Crippen LogP contribution in [0.15, 0.2) is 18.2 Å². The number of urea groups is 1. The molecular formula is C19H32N2O. The molecular weight excluding hydrogens is 272 g/mol. The number of nitrogens with one attached hydrogen (secondary N) is 1. The smallest absolute Gasteiger partial charge is 0.321 e. The van der Waals surface area contributed by atoms with Gasteiger partial charge in [-0.2, -0.15) is 0 Å². The molecule has 0 fully saturated rings. The molecule has 0 saturated carbocycles. The number of carbonyl (C=O) groups excluding carboxylic acids is 1. The topological polar surface area (TPSA) is 32.3 Å². The average Bonchev–Trinajstić information content (AvgIpc) is 2.47. The van der Waals surface area contributed by atoms with E-state index in [1.807, 2.05) is 11.8 Å². The molecule has 0 spiro atoms. The maximum atomic E-state index is 12.6. The van der Waals surface area contributed by atoms with Crippen LogP contribution in [0.2, 0.25) is 0 Å². The second-order valence-corrected chi connectivity index (χ2v) is 6.48. The summed E-state index contributed by atoms with van der Waals surface area (Å²) in [7, 11) is 0. The van der Waals surface area contributed by atoms with Crippen LogP contribution in [0.4, 0.5) is 10.5 Å². The van der Waals surface area contributed by atoms with Crippen molar-refractivity contribution in [2.75, 3.05) is 18.4 Å². The number of amides is 2. The molecule has 3 nitrogen and oxygen atoms in total. The molecule has 0 saturated heterocycles. The minimum Gasteiger partial charge on any atom is -0.325 e. The van der Waals surface area contributed by atoms with Crippen LogP contribution in [0.5, 0.6) is 0 Å². The summed E-state index contributed by atoms with van der Waals surface area (Å²) in [5.74, 6) is 0.777. The van der Waals surface area contributed by atoms with E-state index in [0.29, 0.717) is 11.8 Å². The highest BCUT2D eigenvalue weighted by atomic mass is 16.2. The van der Waals surface area contributed by atoms with Gasteiger partial charge in [-0.05, 0) is 36.3 Å². The number of rotatable bonds is 7. The molecule has 0 aliphatic rings. The molecule has 0 bridgehead atoms. The van der Waals surface area contributed by atoms with Crippen LogP contribution in [0, 0.1) is 0 Å². The molecule has 0 aliphatic heterocycles. The Balaban J connectivity index is 3.06. The summed E-state index contributed by atoms with van der Waals surface area (Å²) in [6, 6.07) is 6.35. The van der Waals surface area contributed by atoms with Crippen molar-refractivity contribution < 1.29 is 4.79 Å². The van der Waals surface area contributed by atoms with E-state index < -0.39 is 0 Å². The summed E-state index contributed by atoms with van der Waals surface area (Å²) >= 11 is 0. The fraction of sp³-hybridized carbons (Fsp3) is 0.632. The number of unbranched alkanes of at least 4 members (excludes halogenated alkanes) is 1. The van der Waals surface area contributed by atoms with E-state index in [2.05, 4.69) is 58.1 Å². The molecule has 0 aromatic heterocycles. The molecule has 1 aromatic rings. The van der Waals surface area contributed by atoms with Gasteiger partial charge in [0.15, 0.2) is 0 Å². The van der Waals surface area contributed by atoms with Crippen LogP contribution in [-0.2, 0) is 0 Å². The Morgan fingerprint density at radius 2 is 1.64 bits per heavy atom. The molecule has 0 heterocycles. The van der Waals surface area contributed by atoms with Crippen LogP contribution in [0.3, 0.4) is 0 Å². The van der Waals surface area contributed by atoms with Crippen LogP contribution in [0.1, 0.15) is 77.3 Å². The van der Waals surface area contributed by atoms with Gasteiger partial charge in [-0.3, -0.25) is 0 Å². The number of carbonyl (C=O) groups is 1. The van der Waals surface area contributed by atoms with E-state index in [1.54, 1.807) is 0 Å². The van der Waals surface area contributed by atoms with Gasteiger partial charge in [0.1, 0.15) is 0 Å². The predicted octanol–water partition coefficient (Wildman–Crippen LogP) is 5.59. The van der Waals surface area contributed by atoms with Gasteiger partial charge >= 0.3 is 6.03 Å². The van der Waals surface area contributed by atoms with E-state index in [-0.39, 0.29) is 6.03 Å². The van der Waals surface area contributed by atoms with Gasteiger partial charge in [0.05, 0.1) is 0 Å². The van der Waals surface area contributed by atoms with Crippen molar-refractivity contribution in [3.05, 3.63) is 29.3 Å². The first-order valence-electron chi connectivity index (χ1n) is 8.61. The van der Waals surface area contributed by atoms with Crippen molar-refractivity contribution in [3.63, 3.8) is 0 Å². The molecule has 0 unspecified atom stereocenters. The molecule has 1 N–H and O–H groups in total. The summed E-state index contributed by atoms with van der Waals surface area (Å²) in [6.45, 7) is 14.4. The summed E-state index contributed by atoms with van der Waals surface area (Å²) in [5, 5.41) is 3.19. The van der Waals surface area contributed by atoms with Crippen molar-refractivity contribution in [2.45, 2.75) is 66.2 Å². The Morgan fingerprint density at radius 3 is 2.05 bits per heavy atom. The lowest BCUT2D eigenvalue weighted by Gasteiger charge is -2.25. The van der Waals surface area contributed by atoms with Gasteiger partial charge < -0.3 is 10.2 Å². The fourth-order valence-corrected chi connectivity index (χ4v) is 2.63. The number of nitrogens with zero attached hydrogens (tertiary/aromatic N) is 1. The second-order valence-electron chi connectivity index (χ2n) is 6.48. The Morgan fingerprint density at radius 1 is 1.09 bits per heavy atom. The van der Waals surface area contributed by atoms with Crippen LogP contribution in [-0.4, -0.2) is 24.0 Å². The van der Waals surface area contributed by atoms with Gasteiger partial charge in [-0.15, -0.1) is 0 Å². The van der Waals surface area contributed by atoms with E-state index in [1.165, 1.54) is 11.1 Å². The van der Waals surface area contributed by atoms with Crippen molar-refractivity contribution in [3.8, 4) is 0 Å². The normalized spacial score (nSPS) is 11.1. The number of hydrogen-bond donors (Lipinski definition) is 1. The van der Waals surface area contributed by atoms with E-state index in [4.69, 9.17) is 0 Å². The zero-order chi connectivity index (χ0) is 16.7. The summed E-state index contributed by atoms with van der Waals surface area (Å²) < 4.78 is 0. The molecule has 1 aromatic carbocycles. The van der Waals surface area contributed by atoms with Gasteiger partial charge in [-0.1, -0.05) is 59.2 Å². The third-order valence-corrected chi connectivity index (χ3v) is 4.06. The first kappa shape index (κ1) is 18.5. The summed E-state index contributed by atoms with van der Waals surface area (Å²) in [6.07, 6.45) is 2.15. The van der Waals surface area contributed by atoms with Crippen molar-refractivity contribution in [1.29, 1.82) is 0 Å². The van der Waals surface area contributed by atoms with Crippen LogP contribution >= 0.6 is 0 Å². The Hall–Kier alpha value is -1.51. The lowest BCUT2D eigenvalue weighted by atomic mass is 9.93.